The molecular formula is C15H21Cl2NO. The van der Waals surface area contributed by atoms with E-state index >= 15 is 0 Å². The summed E-state index contributed by atoms with van der Waals surface area (Å²) in [7, 11) is 0. The molecule has 106 valence electrons. The third-order valence-corrected chi connectivity index (χ3v) is 4.90. The fraction of sp³-hybridized carbons (Fsp3) is 0.600. The second-order valence-corrected chi connectivity index (χ2v) is 6.23. The van der Waals surface area contributed by atoms with Crippen LogP contribution < -0.4 is 10.1 Å². The Labute approximate surface area is 125 Å². The summed E-state index contributed by atoms with van der Waals surface area (Å²) < 4.78 is 6.09. The van der Waals surface area contributed by atoms with Gasteiger partial charge in [-0.1, -0.05) is 44.0 Å². The number of nitrogens with one attached hydrogen (secondary N) is 1. The smallest absolute Gasteiger partial charge is 0.139 e. The van der Waals surface area contributed by atoms with Crippen molar-refractivity contribution < 1.29 is 4.74 Å². The first-order chi connectivity index (χ1) is 9.01. The summed E-state index contributed by atoms with van der Waals surface area (Å²) in [5, 5.41) is 4.80. The van der Waals surface area contributed by atoms with Crippen LogP contribution in [0.25, 0.3) is 0 Å². The summed E-state index contributed by atoms with van der Waals surface area (Å²) in [4.78, 5) is 0. The van der Waals surface area contributed by atoms with Crippen molar-refractivity contribution >= 4 is 23.2 Å². The van der Waals surface area contributed by atoms with Crippen LogP contribution in [0.3, 0.4) is 0 Å². The van der Waals surface area contributed by atoms with Crippen LogP contribution in [0.4, 0.5) is 0 Å². The van der Waals surface area contributed by atoms with E-state index in [2.05, 4.69) is 26.1 Å². The molecule has 0 heterocycles. The van der Waals surface area contributed by atoms with E-state index in [1.807, 2.05) is 0 Å². The number of hydrogen-bond acceptors (Lipinski definition) is 2. The molecule has 1 fully saturated rings. The Bertz CT molecular complexity index is 452. The molecule has 1 saturated carbocycles. The van der Waals surface area contributed by atoms with Crippen molar-refractivity contribution in [1.29, 1.82) is 0 Å². The molecule has 4 heteroatoms. The molecule has 2 nitrogen and oxygen atoms in total. The van der Waals surface area contributed by atoms with E-state index in [4.69, 9.17) is 27.9 Å². The molecule has 0 aliphatic heterocycles. The standard InChI is InChI=1S/C15H21Cl2NO/c1-4-15(3)13(18-5-2)9-14(15)19-12-8-10(16)6-7-11(12)17/h6-8,13-14,18H,4-5,9H2,1-3H3. The van der Waals surface area contributed by atoms with Gasteiger partial charge in [-0.25, -0.2) is 0 Å². The number of benzene rings is 1. The molecule has 1 aromatic carbocycles. The van der Waals surface area contributed by atoms with Gasteiger partial charge < -0.3 is 10.1 Å². The number of ether oxygens (including phenoxy) is 1. The van der Waals surface area contributed by atoms with Crippen LogP contribution in [0.15, 0.2) is 18.2 Å². The van der Waals surface area contributed by atoms with Crippen LogP contribution in [0.1, 0.15) is 33.6 Å². The average molecular weight is 302 g/mol. The summed E-state index contributed by atoms with van der Waals surface area (Å²) in [5.74, 6) is 0.689. The summed E-state index contributed by atoms with van der Waals surface area (Å²) >= 11 is 12.1. The van der Waals surface area contributed by atoms with Crippen molar-refractivity contribution in [3.05, 3.63) is 28.2 Å². The lowest BCUT2D eigenvalue weighted by atomic mass is 9.61. The van der Waals surface area contributed by atoms with Crippen LogP contribution in [-0.2, 0) is 0 Å². The molecule has 3 unspecified atom stereocenters. The molecule has 0 radical (unpaired) electrons. The predicted molar refractivity (Wildman–Crippen MR) is 81.4 cm³/mol. The average Bonchev–Trinajstić information content (AvgIpc) is 2.40. The Morgan fingerprint density at radius 3 is 2.74 bits per heavy atom. The van der Waals surface area contributed by atoms with Crippen LogP contribution in [0.5, 0.6) is 5.75 Å². The van der Waals surface area contributed by atoms with Crippen LogP contribution >= 0.6 is 23.2 Å². The van der Waals surface area contributed by atoms with E-state index in [0.29, 0.717) is 21.8 Å². The fourth-order valence-electron chi connectivity index (χ4n) is 2.76. The van der Waals surface area contributed by atoms with E-state index < -0.39 is 0 Å². The van der Waals surface area contributed by atoms with E-state index in [1.54, 1.807) is 18.2 Å². The molecule has 0 amide bonds. The molecule has 1 aliphatic carbocycles. The first-order valence-electron chi connectivity index (χ1n) is 6.86. The molecule has 2 rings (SSSR count). The molecule has 0 saturated heterocycles. The van der Waals surface area contributed by atoms with Gasteiger partial charge in [-0.15, -0.1) is 0 Å². The summed E-state index contributed by atoms with van der Waals surface area (Å²) in [6, 6.07) is 5.87. The lowest BCUT2D eigenvalue weighted by Crippen LogP contribution is -2.63. The van der Waals surface area contributed by atoms with E-state index in [-0.39, 0.29) is 11.5 Å². The summed E-state index contributed by atoms with van der Waals surface area (Å²) in [5.41, 5.74) is 0.154. The number of halogens is 2. The van der Waals surface area contributed by atoms with Gasteiger partial charge in [0.2, 0.25) is 0 Å². The Balaban J connectivity index is 2.10. The second kappa shape index (κ2) is 5.90. The van der Waals surface area contributed by atoms with Crippen LogP contribution in [0.2, 0.25) is 10.0 Å². The van der Waals surface area contributed by atoms with Crippen LogP contribution in [-0.4, -0.2) is 18.7 Å². The zero-order valence-corrected chi connectivity index (χ0v) is 13.2. The predicted octanol–water partition coefficient (Wildman–Crippen LogP) is 4.54. The van der Waals surface area contributed by atoms with Gasteiger partial charge in [-0.3, -0.25) is 0 Å². The zero-order chi connectivity index (χ0) is 14.0. The van der Waals surface area contributed by atoms with E-state index in [9.17, 15) is 0 Å². The van der Waals surface area contributed by atoms with Crippen molar-refractivity contribution in [3.63, 3.8) is 0 Å². The highest BCUT2D eigenvalue weighted by Gasteiger charge is 2.51. The summed E-state index contributed by atoms with van der Waals surface area (Å²) in [6.07, 6.45) is 2.28. The Kier molecular flexibility index (Phi) is 4.65. The topological polar surface area (TPSA) is 21.3 Å². The minimum atomic E-state index is 0.154. The molecular weight excluding hydrogens is 281 g/mol. The maximum Gasteiger partial charge on any atom is 0.139 e. The molecule has 0 aromatic heterocycles. The van der Waals surface area contributed by atoms with Crippen LogP contribution in [0, 0.1) is 5.41 Å². The molecule has 1 aliphatic rings. The minimum Gasteiger partial charge on any atom is -0.488 e. The quantitative estimate of drug-likeness (QED) is 0.862. The Morgan fingerprint density at radius 2 is 2.11 bits per heavy atom. The summed E-state index contributed by atoms with van der Waals surface area (Å²) in [6.45, 7) is 7.61. The number of hydrogen-bond donors (Lipinski definition) is 1. The highest BCUT2D eigenvalue weighted by Crippen LogP contribution is 2.47. The van der Waals surface area contributed by atoms with Gasteiger partial charge in [0.05, 0.1) is 5.02 Å². The third-order valence-electron chi connectivity index (χ3n) is 4.36. The first kappa shape index (κ1) is 15.0. The lowest BCUT2D eigenvalue weighted by Gasteiger charge is -2.53. The maximum absolute atomic E-state index is 6.16. The first-order valence-corrected chi connectivity index (χ1v) is 7.62. The Morgan fingerprint density at radius 1 is 1.37 bits per heavy atom. The van der Waals surface area contributed by atoms with Crippen molar-refractivity contribution in [2.45, 2.75) is 45.8 Å². The van der Waals surface area contributed by atoms with Crippen molar-refractivity contribution in [2.24, 2.45) is 5.41 Å². The van der Waals surface area contributed by atoms with Crippen molar-refractivity contribution in [3.8, 4) is 5.75 Å². The Hall–Kier alpha value is -0.440. The third kappa shape index (κ3) is 2.86. The van der Waals surface area contributed by atoms with Gasteiger partial charge >= 0.3 is 0 Å². The minimum absolute atomic E-state index is 0.154. The monoisotopic (exact) mass is 301 g/mol. The van der Waals surface area contributed by atoms with E-state index in [1.165, 1.54) is 0 Å². The van der Waals surface area contributed by atoms with Gasteiger partial charge in [0.15, 0.2) is 0 Å². The van der Waals surface area contributed by atoms with Gasteiger partial charge in [-0.05, 0) is 25.1 Å². The van der Waals surface area contributed by atoms with Crippen molar-refractivity contribution in [2.75, 3.05) is 6.54 Å². The molecule has 1 aromatic rings. The van der Waals surface area contributed by atoms with Gasteiger partial charge in [0.25, 0.3) is 0 Å². The molecule has 19 heavy (non-hydrogen) atoms. The highest BCUT2D eigenvalue weighted by atomic mass is 35.5. The van der Waals surface area contributed by atoms with E-state index in [0.717, 1.165) is 19.4 Å². The SMILES string of the molecule is CCNC1CC(Oc2cc(Cl)ccc2Cl)C1(C)CC. The fourth-order valence-corrected chi connectivity index (χ4v) is 3.08. The van der Waals surface area contributed by atoms with Gasteiger partial charge in [-0.2, -0.15) is 0 Å². The number of rotatable bonds is 5. The van der Waals surface area contributed by atoms with Gasteiger partial charge in [0.1, 0.15) is 11.9 Å². The second-order valence-electron chi connectivity index (χ2n) is 5.39. The largest absolute Gasteiger partial charge is 0.488 e. The van der Waals surface area contributed by atoms with Crippen molar-refractivity contribution in [1.82, 2.24) is 5.32 Å². The highest BCUT2D eigenvalue weighted by molar-refractivity contribution is 6.34. The zero-order valence-electron chi connectivity index (χ0n) is 11.7. The normalized spacial score (nSPS) is 29.9. The molecule has 0 bridgehead atoms. The molecule has 1 N–H and O–H groups in total. The lowest BCUT2D eigenvalue weighted by molar-refractivity contribution is -0.0696. The van der Waals surface area contributed by atoms with Gasteiger partial charge in [0, 0.05) is 29.0 Å². The maximum atomic E-state index is 6.16. The molecule has 0 spiro atoms. The molecule has 3 atom stereocenters.